The SMILES string of the molecule is CCC[C@H](O)[C@H](N)c1ccc(C(C)(C)C)cc1.Cl. The minimum Gasteiger partial charge on any atom is -0.391 e. The number of halogens is 1. The van der Waals surface area contributed by atoms with Crippen LogP contribution in [0.15, 0.2) is 24.3 Å². The van der Waals surface area contributed by atoms with Crippen LogP contribution in [-0.2, 0) is 5.41 Å². The Balaban J connectivity index is 0.00000289. The molecule has 1 aromatic carbocycles. The Hall–Kier alpha value is -0.570. The smallest absolute Gasteiger partial charge is 0.0732 e. The van der Waals surface area contributed by atoms with Crippen LogP contribution in [0.2, 0.25) is 0 Å². The fourth-order valence-corrected chi connectivity index (χ4v) is 1.90. The summed E-state index contributed by atoms with van der Waals surface area (Å²) in [4.78, 5) is 0. The van der Waals surface area contributed by atoms with Gasteiger partial charge >= 0.3 is 0 Å². The zero-order valence-electron chi connectivity index (χ0n) is 11.8. The number of hydrogen-bond acceptors (Lipinski definition) is 2. The molecule has 1 rings (SSSR count). The van der Waals surface area contributed by atoms with E-state index in [-0.39, 0.29) is 23.9 Å². The number of nitrogens with two attached hydrogens (primary N) is 1. The summed E-state index contributed by atoms with van der Waals surface area (Å²) in [7, 11) is 0. The van der Waals surface area contributed by atoms with Crippen molar-refractivity contribution < 1.29 is 5.11 Å². The van der Waals surface area contributed by atoms with Crippen molar-refractivity contribution in [3.8, 4) is 0 Å². The molecule has 0 saturated carbocycles. The Bertz CT molecular complexity index is 343. The summed E-state index contributed by atoms with van der Waals surface area (Å²) in [5.41, 5.74) is 8.49. The van der Waals surface area contributed by atoms with Gasteiger partial charge in [0.15, 0.2) is 0 Å². The molecule has 0 aromatic heterocycles. The van der Waals surface area contributed by atoms with E-state index in [2.05, 4.69) is 39.8 Å². The molecule has 1 aromatic rings. The van der Waals surface area contributed by atoms with Gasteiger partial charge < -0.3 is 10.8 Å². The summed E-state index contributed by atoms with van der Waals surface area (Å²) >= 11 is 0. The van der Waals surface area contributed by atoms with E-state index < -0.39 is 6.10 Å². The molecule has 0 radical (unpaired) electrons. The predicted octanol–water partition coefficient (Wildman–Crippen LogP) is 3.57. The second kappa shape index (κ2) is 7.13. The van der Waals surface area contributed by atoms with Crippen molar-refractivity contribution in [3.05, 3.63) is 35.4 Å². The summed E-state index contributed by atoms with van der Waals surface area (Å²) in [6.07, 6.45) is 1.26. The first-order valence-electron chi connectivity index (χ1n) is 6.40. The van der Waals surface area contributed by atoms with Crippen LogP contribution >= 0.6 is 12.4 Å². The maximum Gasteiger partial charge on any atom is 0.0732 e. The van der Waals surface area contributed by atoms with E-state index in [9.17, 15) is 5.11 Å². The van der Waals surface area contributed by atoms with Crippen LogP contribution in [0, 0.1) is 0 Å². The molecule has 18 heavy (non-hydrogen) atoms. The molecule has 0 bridgehead atoms. The van der Waals surface area contributed by atoms with Crippen LogP contribution < -0.4 is 5.73 Å². The first kappa shape index (κ1) is 17.4. The van der Waals surface area contributed by atoms with Crippen molar-refractivity contribution in [3.63, 3.8) is 0 Å². The average molecular weight is 272 g/mol. The largest absolute Gasteiger partial charge is 0.391 e. The van der Waals surface area contributed by atoms with Crippen molar-refractivity contribution in [2.45, 2.75) is 58.1 Å². The van der Waals surface area contributed by atoms with Crippen molar-refractivity contribution >= 4 is 12.4 Å². The van der Waals surface area contributed by atoms with E-state index in [4.69, 9.17) is 5.73 Å². The van der Waals surface area contributed by atoms with Crippen LogP contribution in [0.3, 0.4) is 0 Å². The standard InChI is InChI=1S/C15H25NO.ClH/c1-5-6-13(17)14(16)11-7-9-12(10-8-11)15(2,3)4;/h7-10,13-14,17H,5-6,16H2,1-4H3;1H/t13-,14+;/m0./s1. The first-order chi connectivity index (χ1) is 7.86. The van der Waals surface area contributed by atoms with Gasteiger partial charge in [-0.3, -0.25) is 0 Å². The van der Waals surface area contributed by atoms with Crippen molar-refractivity contribution in [1.29, 1.82) is 0 Å². The Kier molecular flexibility index (Phi) is 6.90. The fourth-order valence-electron chi connectivity index (χ4n) is 1.90. The molecule has 2 atom stereocenters. The van der Waals surface area contributed by atoms with Gasteiger partial charge in [-0.25, -0.2) is 0 Å². The van der Waals surface area contributed by atoms with Crippen LogP contribution in [0.4, 0.5) is 0 Å². The van der Waals surface area contributed by atoms with Gasteiger partial charge in [-0.1, -0.05) is 58.4 Å². The molecule has 3 heteroatoms. The van der Waals surface area contributed by atoms with E-state index in [0.717, 1.165) is 18.4 Å². The lowest BCUT2D eigenvalue weighted by atomic mass is 9.86. The number of aliphatic hydroxyl groups is 1. The number of rotatable bonds is 4. The normalized spacial score (nSPS) is 14.8. The number of hydrogen-bond donors (Lipinski definition) is 2. The Morgan fingerprint density at radius 1 is 1.17 bits per heavy atom. The molecule has 0 aliphatic rings. The molecular weight excluding hydrogens is 246 g/mol. The molecule has 0 aliphatic carbocycles. The van der Waals surface area contributed by atoms with Gasteiger partial charge in [0, 0.05) is 0 Å². The third kappa shape index (κ3) is 4.60. The van der Waals surface area contributed by atoms with Gasteiger partial charge in [0.05, 0.1) is 12.1 Å². The fraction of sp³-hybridized carbons (Fsp3) is 0.600. The predicted molar refractivity (Wildman–Crippen MR) is 80.2 cm³/mol. The van der Waals surface area contributed by atoms with Gasteiger partial charge in [-0.15, -0.1) is 12.4 Å². The van der Waals surface area contributed by atoms with Gasteiger partial charge in [0.2, 0.25) is 0 Å². The zero-order chi connectivity index (χ0) is 13.1. The molecular formula is C15H26ClNO. The maximum atomic E-state index is 9.88. The zero-order valence-corrected chi connectivity index (χ0v) is 12.6. The quantitative estimate of drug-likeness (QED) is 0.879. The van der Waals surface area contributed by atoms with E-state index in [1.54, 1.807) is 0 Å². The van der Waals surface area contributed by atoms with Gasteiger partial charge in [0.1, 0.15) is 0 Å². The monoisotopic (exact) mass is 271 g/mol. The van der Waals surface area contributed by atoms with Crippen molar-refractivity contribution in [2.24, 2.45) is 5.73 Å². The van der Waals surface area contributed by atoms with E-state index in [1.165, 1.54) is 5.56 Å². The summed E-state index contributed by atoms with van der Waals surface area (Å²) in [5, 5.41) is 9.88. The van der Waals surface area contributed by atoms with Crippen molar-refractivity contribution in [2.75, 3.05) is 0 Å². The van der Waals surface area contributed by atoms with Crippen LogP contribution in [-0.4, -0.2) is 11.2 Å². The van der Waals surface area contributed by atoms with Crippen molar-refractivity contribution in [1.82, 2.24) is 0 Å². The second-order valence-electron chi connectivity index (χ2n) is 5.75. The molecule has 104 valence electrons. The molecule has 0 unspecified atom stereocenters. The second-order valence-corrected chi connectivity index (χ2v) is 5.75. The first-order valence-corrected chi connectivity index (χ1v) is 6.40. The molecule has 0 fully saturated rings. The summed E-state index contributed by atoms with van der Waals surface area (Å²) in [6, 6.07) is 8.00. The lowest BCUT2D eigenvalue weighted by Gasteiger charge is -2.22. The van der Waals surface area contributed by atoms with Gasteiger partial charge in [-0.2, -0.15) is 0 Å². The van der Waals surface area contributed by atoms with E-state index in [1.807, 2.05) is 12.1 Å². The number of benzene rings is 1. The molecule has 2 nitrogen and oxygen atoms in total. The topological polar surface area (TPSA) is 46.2 Å². The Morgan fingerprint density at radius 2 is 1.67 bits per heavy atom. The molecule has 0 aliphatic heterocycles. The number of aliphatic hydroxyl groups excluding tert-OH is 1. The minimum absolute atomic E-state index is 0. The third-order valence-corrected chi connectivity index (χ3v) is 3.16. The Morgan fingerprint density at radius 3 is 2.06 bits per heavy atom. The third-order valence-electron chi connectivity index (χ3n) is 3.16. The van der Waals surface area contributed by atoms with Gasteiger partial charge in [-0.05, 0) is 23.0 Å². The highest BCUT2D eigenvalue weighted by Gasteiger charge is 2.17. The average Bonchev–Trinajstić information content (AvgIpc) is 2.27. The summed E-state index contributed by atoms with van der Waals surface area (Å²) in [6.45, 7) is 8.62. The van der Waals surface area contributed by atoms with Crippen LogP contribution in [0.25, 0.3) is 0 Å². The van der Waals surface area contributed by atoms with E-state index in [0.29, 0.717) is 0 Å². The maximum absolute atomic E-state index is 9.88. The highest BCUT2D eigenvalue weighted by molar-refractivity contribution is 5.85. The van der Waals surface area contributed by atoms with E-state index >= 15 is 0 Å². The summed E-state index contributed by atoms with van der Waals surface area (Å²) in [5.74, 6) is 0. The molecule has 0 amide bonds. The molecule has 0 heterocycles. The summed E-state index contributed by atoms with van der Waals surface area (Å²) < 4.78 is 0. The van der Waals surface area contributed by atoms with Gasteiger partial charge in [0.25, 0.3) is 0 Å². The minimum atomic E-state index is -0.444. The lowest BCUT2D eigenvalue weighted by Crippen LogP contribution is -2.26. The Labute approximate surface area is 117 Å². The lowest BCUT2D eigenvalue weighted by molar-refractivity contribution is 0.134. The van der Waals surface area contributed by atoms with Crippen LogP contribution in [0.5, 0.6) is 0 Å². The molecule has 0 saturated heterocycles. The highest BCUT2D eigenvalue weighted by Crippen LogP contribution is 2.24. The molecule has 0 spiro atoms. The highest BCUT2D eigenvalue weighted by atomic mass is 35.5. The molecule has 3 N–H and O–H groups in total. The van der Waals surface area contributed by atoms with Crippen LogP contribution in [0.1, 0.15) is 57.7 Å².